The first-order valence-corrected chi connectivity index (χ1v) is 7.55. The molecule has 1 saturated heterocycles. The number of hydrogen-bond donors (Lipinski definition) is 1. The molecule has 1 fully saturated rings. The molecule has 5 heteroatoms. The van der Waals surface area contributed by atoms with Crippen LogP contribution in [0.5, 0.6) is 0 Å². The quantitative estimate of drug-likeness (QED) is 0.918. The van der Waals surface area contributed by atoms with E-state index in [9.17, 15) is 5.11 Å². The second-order valence-corrected chi connectivity index (χ2v) is 7.05. The summed E-state index contributed by atoms with van der Waals surface area (Å²) in [6.45, 7) is 11.4. The van der Waals surface area contributed by atoms with Crippen molar-refractivity contribution < 1.29 is 9.63 Å². The fourth-order valence-electron chi connectivity index (χ4n) is 2.63. The van der Waals surface area contributed by atoms with E-state index in [0.29, 0.717) is 12.5 Å². The van der Waals surface area contributed by atoms with Gasteiger partial charge in [-0.3, -0.25) is 4.90 Å². The molecular formula is C15H27N3O2. The molecule has 0 unspecified atom stereocenters. The molecule has 1 aliphatic rings. The Morgan fingerprint density at radius 3 is 2.40 bits per heavy atom. The lowest BCUT2D eigenvalue weighted by molar-refractivity contribution is 0.0371. The first-order chi connectivity index (χ1) is 9.38. The van der Waals surface area contributed by atoms with Crippen molar-refractivity contribution in [2.24, 2.45) is 5.41 Å². The van der Waals surface area contributed by atoms with Crippen LogP contribution in [-0.2, 0) is 12.0 Å². The maximum atomic E-state index is 9.55. The zero-order valence-electron chi connectivity index (χ0n) is 13.1. The van der Waals surface area contributed by atoms with E-state index >= 15 is 0 Å². The molecule has 2 rings (SSSR count). The summed E-state index contributed by atoms with van der Waals surface area (Å²) < 4.78 is 5.33. The highest BCUT2D eigenvalue weighted by Crippen LogP contribution is 2.34. The van der Waals surface area contributed by atoms with E-state index in [1.54, 1.807) is 0 Å². The van der Waals surface area contributed by atoms with Gasteiger partial charge < -0.3 is 9.63 Å². The van der Waals surface area contributed by atoms with Crippen LogP contribution in [0, 0.1) is 5.41 Å². The van der Waals surface area contributed by atoms with E-state index < -0.39 is 0 Å². The molecule has 0 bridgehead atoms. The van der Waals surface area contributed by atoms with E-state index in [-0.39, 0.29) is 10.8 Å². The largest absolute Gasteiger partial charge is 0.396 e. The normalized spacial score (nSPS) is 20.2. The number of piperidine rings is 1. The van der Waals surface area contributed by atoms with Crippen LogP contribution >= 0.6 is 0 Å². The maximum absolute atomic E-state index is 9.55. The number of likely N-dealkylation sites (tertiary alicyclic amines) is 1. The van der Waals surface area contributed by atoms with Crippen LogP contribution in [0.3, 0.4) is 0 Å². The van der Waals surface area contributed by atoms with Crippen molar-refractivity contribution in [1.29, 1.82) is 0 Å². The van der Waals surface area contributed by atoms with Crippen molar-refractivity contribution in [2.75, 3.05) is 19.7 Å². The van der Waals surface area contributed by atoms with Crippen LogP contribution in [0.2, 0.25) is 0 Å². The molecule has 1 aliphatic heterocycles. The Hall–Kier alpha value is -0.940. The number of hydrogen-bond acceptors (Lipinski definition) is 5. The van der Waals surface area contributed by atoms with Gasteiger partial charge in [0.25, 0.3) is 0 Å². The average Bonchev–Trinajstić information content (AvgIpc) is 2.89. The lowest BCUT2D eigenvalue weighted by atomic mass is 9.77. The van der Waals surface area contributed by atoms with Crippen LogP contribution in [0.1, 0.15) is 58.7 Å². The van der Waals surface area contributed by atoms with Gasteiger partial charge in [-0.25, -0.2) is 0 Å². The van der Waals surface area contributed by atoms with Crippen LogP contribution in [0.25, 0.3) is 0 Å². The lowest BCUT2D eigenvalue weighted by Crippen LogP contribution is -2.41. The van der Waals surface area contributed by atoms with E-state index in [1.165, 1.54) is 0 Å². The molecule has 0 aliphatic carbocycles. The number of aliphatic hydroxyl groups is 1. The summed E-state index contributed by atoms with van der Waals surface area (Å²) >= 11 is 0. The highest BCUT2D eigenvalue weighted by molar-refractivity contribution is 4.98. The van der Waals surface area contributed by atoms with Gasteiger partial charge in [-0.1, -0.05) is 32.9 Å². The van der Waals surface area contributed by atoms with Gasteiger partial charge >= 0.3 is 0 Å². The van der Waals surface area contributed by atoms with Crippen molar-refractivity contribution in [1.82, 2.24) is 15.0 Å². The fourth-order valence-corrected chi connectivity index (χ4v) is 2.63. The zero-order chi connectivity index (χ0) is 14.8. The van der Waals surface area contributed by atoms with Crippen LogP contribution < -0.4 is 0 Å². The summed E-state index contributed by atoms with van der Waals surface area (Å²) in [5, 5.41) is 13.6. The topological polar surface area (TPSA) is 62.4 Å². The van der Waals surface area contributed by atoms with Gasteiger partial charge in [-0.2, -0.15) is 4.98 Å². The van der Waals surface area contributed by atoms with E-state index in [0.717, 1.165) is 44.7 Å². The first kappa shape index (κ1) is 15.4. The molecule has 2 heterocycles. The van der Waals surface area contributed by atoms with Crippen molar-refractivity contribution in [2.45, 2.75) is 58.9 Å². The monoisotopic (exact) mass is 281 g/mol. The summed E-state index contributed by atoms with van der Waals surface area (Å²) in [5.74, 6) is 1.46. The van der Waals surface area contributed by atoms with Crippen molar-refractivity contribution in [3.8, 4) is 0 Å². The molecule has 0 aromatic carbocycles. The summed E-state index contributed by atoms with van der Waals surface area (Å²) in [4.78, 5) is 6.83. The molecule has 0 radical (unpaired) electrons. The predicted molar refractivity (Wildman–Crippen MR) is 77.3 cm³/mol. The van der Waals surface area contributed by atoms with Gasteiger partial charge in [-0.05, 0) is 37.8 Å². The third kappa shape index (κ3) is 3.38. The van der Waals surface area contributed by atoms with Crippen molar-refractivity contribution >= 4 is 0 Å². The molecule has 114 valence electrons. The zero-order valence-corrected chi connectivity index (χ0v) is 13.1. The lowest BCUT2D eigenvalue weighted by Gasteiger charge is -2.39. The second kappa shape index (κ2) is 5.82. The first-order valence-electron chi connectivity index (χ1n) is 7.55. The molecule has 20 heavy (non-hydrogen) atoms. The fraction of sp³-hybridized carbons (Fsp3) is 0.867. The molecule has 0 amide bonds. The van der Waals surface area contributed by atoms with Crippen LogP contribution in [0.4, 0.5) is 0 Å². The standard InChI is InChI=1S/C15H27N3O2/c1-5-15(11-19)6-8-18(9-7-15)10-12-16-13(20-17-12)14(2,3)4/h19H,5-11H2,1-4H3. The minimum atomic E-state index is -0.0958. The second-order valence-electron chi connectivity index (χ2n) is 7.05. The van der Waals surface area contributed by atoms with Gasteiger partial charge in [-0.15, -0.1) is 0 Å². The highest BCUT2D eigenvalue weighted by atomic mass is 16.5. The maximum Gasteiger partial charge on any atom is 0.232 e. The number of rotatable bonds is 4. The Balaban J connectivity index is 1.91. The molecule has 0 spiro atoms. The molecule has 0 atom stereocenters. The van der Waals surface area contributed by atoms with Gasteiger partial charge in [0.1, 0.15) is 0 Å². The average molecular weight is 281 g/mol. The van der Waals surface area contributed by atoms with E-state index in [4.69, 9.17) is 4.52 Å². The molecule has 1 aromatic heterocycles. The van der Waals surface area contributed by atoms with Gasteiger partial charge in [0.2, 0.25) is 5.89 Å². The summed E-state index contributed by atoms with van der Waals surface area (Å²) in [5.41, 5.74) is 0.0335. The van der Waals surface area contributed by atoms with Gasteiger partial charge in [0.05, 0.1) is 6.54 Å². The van der Waals surface area contributed by atoms with Crippen LogP contribution in [0.15, 0.2) is 4.52 Å². The smallest absolute Gasteiger partial charge is 0.232 e. The molecule has 0 saturated carbocycles. The van der Waals surface area contributed by atoms with E-state index in [1.807, 2.05) is 0 Å². The van der Waals surface area contributed by atoms with Crippen LogP contribution in [-0.4, -0.2) is 39.8 Å². The molecule has 5 nitrogen and oxygen atoms in total. The van der Waals surface area contributed by atoms with Crippen molar-refractivity contribution in [3.63, 3.8) is 0 Å². The Kier molecular flexibility index (Phi) is 4.49. The number of nitrogens with zero attached hydrogens (tertiary/aromatic N) is 3. The van der Waals surface area contributed by atoms with Gasteiger partial charge in [0, 0.05) is 12.0 Å². The predicted octanol–water partition coefficient (Wildman–Crippen LogP) is 2.35. The number of aromatic nitrogens is 2. The summed E-state index contributed by atoms with van der Waals surface area (Å²) in [6, 6.07) is 0. The van der Waals surface area contributed by atoms with Crippen molar-refractivity contribution in [3.05, 3.63) is 11.7 Å². The Morgan fingerprint density at radius 1 is 1.30 bits per heavy atom. The minimum absolute atomic E-state index is 0.0958. The minimum Gasteiger partial charge on any atom is -0.396 e. The Morgan fingerprint density at radius 2 is 1.95 bits per heavy atom. The Bertz CT molecular complexity index is 423. The molecule has 1 aromatic rings. The highest BCUT2D eigenvalue weighted by Gasteiger charge is 2.32. The number of aliphatic hydroxyl groups excluding tert-OH is 1. The third-order valence-electron chi connectivity index (χ3n) is 4.48. The van der Waals surface area contributed by atoms with Gasteiger partial charge in [0.15, 0.2) is 5.82 Å². The third-order valence-corrected chi connectivity index (χ3v) is 4.48. The van der Waals surface area contributed by atoms with E-state index in [2.05, 4.69) is 42.7 Å². The molecule has 1 N–H and O–H groups in total. The summed E-state index contributed by atoms with van der Waals surface area (Å²) in [7, 11) is 0. The summed E-state index contributed by atoms with van der Waals surface area (Å²) in [6.07, 6.45) is 3.14. The Labute approximate surface area is 121 Å². The molecular weight excluding hydrogens is 254 g/mol. The SMILES string of the molecule is CCC1(CO)CCN(Cc2noc(C(C)(C)C)n2)CC1.